The molecule has 0 atom stereocenters. The summed E-state index contributed by atoms with van der Waals surface area (Å²) in [7, 11) is 1.55. The van der Waals surface area contributed by atoms with Crippen molar-refractivity contribution < 1.29 is 23.8 Å². The number of hydrogen-bond donors (Lipinski definition) is 0. The van der Waals surface area contributed by atoms with Gasteiger partial charge in [-0.05, 0) is 27.7 Å². The van der Waals surface area contributed by atoms with Gasteiger partial charge >= 0.3 is 12.1 Å². The summed E-state index contributed by atoms with van der Waals surface area (Å²) in [5.41, 5.74) is 0.159. The number of anilines is 1. The van der Waals surface area contributed by atoms with E-state index in [0.717, 1.165) is 0 Å². The van der Waals surface area contributed by atoms with E-state index in [2.05, 4.69) is 10.1 Å². The lowest BCUT2D eigenvalue weighted by molar-refractivity contribution is 0.0240. The average Bonchev–Trinajstić information content (AvgIpc) is 3.09. The highest BCUT2D eigenvalue weighted by Gasteiger charge is 2.28. The lowest BCUT2D eigenvalue weighted by Gasteiger charge is -2.36. The van der Waals surface area contributed by atoms with Gasteiger partial charge in [-0.25, -0.2) is 19.1 Å². The van der Waals surface area contributed by atoms with E-state index in [0.29, 0.717) is 49.0 Å². The number of amides is 1. The number of rotatable bonds is 4. The predicted molar refractivity (Wildman–Crippen MR) is 106 cm³/mol. The SMILES string of the molecule is CCOC(=O)c1cnn2cc(OC)c(N3CCN(C(=O)OC(C)(C)C)CC3)nc12. The highest BCUT2D eigenvalue weighted by atomic mass is 16.6. The molecule has 0 saturated carbocycles. The van der Waals surface area contributed by atoms with Crippen molar-refractivity contribution >= 4 is 23.5 Å². The Morgan fingerprint density at radius 1 is 1.17 bits per heavy atom. The van der Waals surface area contributed by atoms with Gasteiger partial charge in [-0.15, -0.1) is 0 Å². The monoisotopic (exact) mass is 405 g/mol. The summed E-state index contributed by atoms with van der Waals surface area (Å²) < 4.78 is 17.5. The molecule has 0 unspecified atom stereocenters. The fourth-order valence-corrected chi connectivity index (χ4v) is 3.04. The summed E-state index contributed by atoms with van der Waals surface area (Å²) in [6.07, 6.45) is 2.79. The molecule has 29 heavy (non-hydrogen) atoms. The van der Waals surface area contributed by atoms with Crippen molar-refractivity contribution in [2.75, 3.05) is 44.8 Å². The summed E-state index contributed by atoms with van der Waals surface area (Å²) in [6, 6.07) is 0. The van der Waals surface area contributed by atoms with E-state index in [9.17, 15) is 9.59 Å². The van der Waals surface area contributed by atoms with Gasteiger partial charge in [0.15, 0.2) is 17.2 Å². The largest absolute Gasteiger partial charge is 0.491 e. The maximum Gasteiger partial charge on any atom is 0.410 e. The van der Waals surface area contributed by atoms with Crippen molar-refractivity contribution in [1.82, 2.24) is 19.5 Å². The van der Waals surface area contributed by atoms with Crippen LogP contribution in [0.1, 0.15) is 38.1 Å². The normalized spacial score (nSPS) is 14.8. The molecule has 1 aliphatic rings. The lowest BCUT2D eigenvalue weighted by Crippen LogP contribution is -2.50. The molecule has 0 radical (unpaired) electrons. The molecule has 10 heteroatoms. The Labute approximate surface area is 169 Å². The Bertz CT molecular complexity index is 896. The van der Waals surface area contributed by atoms with Crippen molar-refractivity contribution in [3.8, 4) is 5.75 Å². The zero-order chi connectivity index (χ0) is 21.2. The van der Waals surface area contributed by atoms with Crippen molar-refractivity contribution in [3.05, 3.63) is 18.0 Å². The van der Waals surface area contributed by atoms with E-state index in [1.165, 1.54) is 10.7 Å². The summed E-state index contributed by atoms with van der Waals surface area (Å²) in [5, 5.41) is 4.17. The van der Waals surface area contributed by atoms with Crippen LogP contribution in [0.25, 0.3) is 5.65 Å². The van der Waals surface area contributed by atoms with Crippen LogP contribution in [0.2, 0.25) is 0 Å². The van der Waals surface area contributed by atoms with Crippen LogP contribution in [0.15, 0.2) is 12.4 Å². The second-order valence-electron chi connectivity index (χ2n) is 7.63. The number of ether oxygens (including phenoxy) is 3. The van der Waals surface area contributed by atoms with Gasteiger partial charge in [0.25, 0.3) is 0 Å². The van der Waals surface area contributed by atoms with Gasteiger partial charge in [-0.3, -0.25) is 0 Å². The molecule has 1 fully saturated rings. The third-order valence-electron chi connectivity index (χ3n) is 4.39. The maximum absolute atomic E-state index is 12.3. The lowest BCUT2D eigenvalue weighted by atomic mass is 10.2. The first kappa shape index (κ1) is 20.7. The summed E-state index contributed by atoms with van der Waals surface area (Å²) >= 11 is 0. The number of esters is 1. The summed E-state index contributed by atoms with van der Waals surface area (Å²) in [5.74, 6) is 0.650. The number of methoxy groups -OCH3 is 1. The van der Waals surface area contributed by atoms with Crippen molar-refractivity contribution in [2.45, 2.75) is 33.3 Å². The second-order valence-corrected chi connectivity index (χ2v) is 7.63. The molecule has 2 aromatic rings. The minimum absolute atomic E-state index is 0.270. The molecule has 10 nitrogen and oxygen atoms in total. The van der Waals surface area contributed by atoms with Crippen LogP contribution < -0.4 is 9.64 Å². The molecule has 0 aromatic carbocycles. The molecule has 3 rings (SSSR count). The van der Waals surface area contributed by atoms with Gasteiger partial charge in [0.05, 0.1) is 26.1 Å². The topological polar surface area (TPSA) is 98.5 Å². The number of aromatic nitrogens is 3. The van der Waals surface area contributed by atoms with Crippen LogP contribution in [0.5, 0.6) is 5.75 Å². The van der Waals surface area contributed by atoms with Crippen LogP contribution in [-0.4, -0.2) is 77.1 Å². The van der Waals surface area contributed by atoms with E-state index in [1.807, 2.05) is 25.7 Å². The average molecular weight is 405 g/mol. The first-order valence-corrected chi connectivity index (χ1v) is 9.56. The number of nitrogens with zero attached hydrogens (tertiary/aromatic N) is 5. The van der Waals surface area contributed by atoms with E-state index >= 15 is 0 Å². The van der Waals surface area contributed by atoms with Crippen molar-refractivity contribution in [1.29, 1.82) is 0 Å². The Hall–Kier alpha value is -3.04. The molecule has 3 heterocycles. The van der Waals surface area contributed by atoms with Gasteiger partial charge in [-0.2, -0.15) is 5.10 Å². The van der Waals surface area contributed by atoms with Gasteiger partial charge in [-0.1, -0.05) is 0 Å². The van der Waals surface area contributed by atoms with Gasteiger partial charge < -0.3 is 24.0 Å². The van der Waals surface area contributed by atoms with Gasteiger partial charge in [0.2, 0.25) is 0 Å². The van der Waals surface area contributed by atoms with Crippen LogP contribution in [-0.2, 0) is 9.47 Å². The molecule has 1 saturated heterocycles. The van der Waals surface area contributed by atoms with E-state index in [1.54, 1.807) is 25.1 Å². The fourth-order valence-electron chi connectivity index (χ4n) is 3.04. The standard InChI is InChI=1S/C19H27N5O5/c1-6-28-17(25)13-11-20-24-12-14(27-5)16(21-15(13)24)22-7-9-23(10-8-22)18(26)29-19(2,3)4/h11-12H,6-10H2,1-5H3. The van der Waals surface area contributed by atoms with Crippen LogP contribution in [0.3, 0.4) is 0 Å². The number of piperazine rings is 1. The molecular weight excluding hydrogens is 378 g/mol. The third-order valence-corrected chi connectivity index (χ3v) is 4.39. The Morgan fingerprint density at radius 3 is 2.45 bits per heavy atom. The Morgan fingerprint density at radius 2 is 1.86 bits per heavy atom. The smallest absolute Gasteiger partial charge is 0.410 e. The van der Waals surface area contributed by atoms with Gasteiger partial charge in [0, 0.05) is 26.2 Å². The first-order valence-electron chi connectivity index (χ1n) is 9.56. The van der Waals surface area contributed by atoms with Crippen molar-refractivity contribution in [2.24, 2.45) is 0 Å². The molecule has 0 aliphatic carbocycles. The van der Waals surface area contributed by atoms with Crippen LogP contribution in [0.4, 0.5) is 10.6 Å². The highest BCUT2D eigenvalue weighted by Crippen LogP contribution is 2.28. The van der Waals surface area contributed by atoms with E-state index < -0.39 is 11.6 Å². The zero-order valence-corrected chi connectivity index (χ0v) is 17.5. The van der Waals surface area contributed by atoms with Gasteiger partial charge in [0.1, 0.15) is 11.2 Å². The number of carbonyl (C=O) groups is 2. The minimum Gasteiger partial charge on any atom is -0.491 e. The number of carbonyl (C=O) groups excluding carboxylic acids is 2. The Kier molecular flexibility index (Phi) is 5.81. The summed E-state index contributed by atoms with van der Waals surface area (Å²) in [4.78, 5) is 32.8. The molecule has 0 spiro atoms. The molecule has 1 amide bonds. The molecule has 0 bridgehead atoms. The molecular formula is C19H27N5O5. The molecule has 1 aliphatic heterocycles. The van der Waals surface area contributed by atoms with E-state index in [4.69, 9.17) is 14.2 Å². The Balaban J connectivity index is 1.81. The number of fused-ring (bicyclic) bond motifs is 1. The molecule has 0 N–H and O–H groups in total. The van der Waals surface area contributed by atoms with Crippen LogP contribution >= 0.6 is 0 Å². The minimum atomic E-state index is -0.532. The fraction of sp³-hybridized carbons (Fsp3) is 0.579. The molecule has 158 valence electrons. The zero-order valence-electron chi connectivity index (χ0n) is 17.5. The maximum atomic E-state index is 12.3. The third kappa shape index (κ3) is 4.52. The highest BCUT2D eigenvalue weighted by molar-refractivity contribution is 5.95. The second kappa shape index (κ2) is 8.14. The summed E-state index contributed by atoms with van der Waals surface area (Å²) in [6.45, 7) is 9.65. The molecule has 2 aromatic heterocycles. The number of hydrogen-bond acceptors (Lipinski definition) is 8. The van der Waals surface area contributed by atoms with Crippen LogP contribution in [0, 0.1) is 0 Å². The quantitative estimate of drug-likeness (QED) is 0.712. The van der Waals surface area contributed by atoms with E-state index in [-0.39, 0.29) is 12.7 Å². The predicted octanol–water partition coefficient (Wildman–Crippen LogP) is 1.97. The first-order chi connectivity index (χ1) is 13.7. The van der Waals surface area contributed by atoms with Crippen molar-refractivity contribution in [3.63, 3.8) is 0 Å².